The van der Waals surface area contributed by atoms with Crippen LogP contribution in [-0.4, -0.2) is 17.2 Å². The van der Waals surface area contributed by atoms with E-state index in [-0.39, 0.29) is 0 Å². The first-order valence-corrected chi connectivity index (χ1v) is 5.88. The Bertz CT molecular complexity index is 439. The van der Waals surface area contributed by atoms with Crippen LogP contribution in [0.2, 0.25) is 0 Å². The predicted molar refractivity (Wildman–Crippen MR) is 65.5 cm³/mol. The molecule has 90 valence electrons. The van der Waals surface area contributed by atoms with E-state index in [1.54, 1.807) is 0 Å². The number of hydrogen-bond acceptors (Lipinski definition) is 4. The number of nitrogens with zero attached hydrogens (tertiary/aromatic N) is 2. The molecule has 0 radical (unpaired) electrons. The summed E-state index contributed by atoms with van der Waals surface area (Å²) in [5, 5.41) is 10.9. The minimum Gasteiger partial charge on any atom is -0.424 e. The van der Waals surface area contributed by atoms with E-state index >= 15 is 0 Å². The topological polar surface area (TPSA) is 51.0 Å². The fraction of sp³-hybridized carbons (Fsp3) is 0.385. The lowest BCUT2D eigenvalue weighted by atomic mass is 10.1. The second-order valence-electron chi connectivity index (χ2n) is 3.96. The summed E-state index contributed by atoms with van der Waals surface area (Å²) < 4.78 is 5.48. The molecule has 17 heavy (non-hydrogen) atoms. The molecule has 0 spiro atoms. The fourth-order valence-electron chi connectivity index (χ4n) is 1.70. The Kier molecular flexibility index (Phi) is 4.27. The van der Waals surface area contributed by atoms with Crippen LogP contribution in [0, 0.1) is 0 Å². The van der Waals surface area contributed by atoms with Crippen LogP contribution in [-0.2, 0) is 19.4 Å². The van der Waals surface area contributed by atoms with Crippen molar-refractivity contribution in [3.63, 3.8) is 0 Å². The molecule has 2 rings (SSSR count). The third-order valence-corrected chi connectivity index (χ3v) is 2.54. The van der Waals surface area contributed by atoms with Gasteiger partial charge in [-0.15, -0.1) is 10.2 Å². The Balaban J connectivity index is 1.78. The summed E-state index contributed by atoms with van der Waals surface area (Å²) in [5.74, 6) is 1.38. The van der Waals surface area contributed by atoms with Crippen LogP contribution >= 0.6 is 0 Å². The second kappa shape index (κ2) is 6.15. The number of aromatic nitrogens is 2. The summed E-state index contributed by atoms with van der Waals surface area (Å²) in [4.78, 5) is 0. The lowest BCUT2D eigenvalue weighted by molar-refractivity contribution is 0.435. The molecular weight excluding hydrogens is 214 g/mol. The highest BCUT2D eigenvalue weighted by Crippen LogP contribution is 2.07. The van der Waals surface area contributed by atoms with Gasteiger partial charge in [0.1, 0.15) is 0 Å². The van der Waals surface area contributed by atoms with Gasteiger partial charge in [-0.1, -0.05) is 30.3 Å². The molecule has 4 nitrogen and oxygen atoms in total. The molecule has 0 saturated carbocycles. The van der Waals surface area contributed by atoms with Gasteiger partial charge in [0.05, 0.1) is 6.54 Å². The van der Waals surface area contributed by atoms with Gasteiger partial charge in [0.15, 0.2) is 0 Å². The normalized spacial score (nSPS) is 10.6. The maximum Gasteiger partial charge on any atom is 0.230 e. The van der Waals surface area contributed by atoms with E-state index in [0.29, 0.717) is 12.4 Å². The molecular formula is C13H17N3O. The maximum atomic E-state index is 5.48. The summed E-state index contributed by atoms with van der Waals surface area (Å²) in [5.41, 5.74) is 1.35. The van der Waals surface area contributed by atoms with Crippen molar-refractivity contribution in [3.8, 4) is 0 Å². The predicted octanol–water partition coefficient (Wildman–Crippen LogP) is 1.96. The average Bonchev–Trinajstić information content (AvgIpc) is 2.79. The first-order valence-electron chi connectivity index (χ1n) is 5.88. The summed E-state index contributed by atoms with van der Waals surface area (Å²) in [6, 6.07) is 10.4. The van der Waals surface area contributed by atoms with Crippen molar-refractivity contribution in [2.75, 3.05) is 7.05 Å². The van der Waals surface area contributed by atoms with E-state index in [9.17, 15) is 0 Å². The van der Waals surface area contributed by atoms with Gasteiger partial charge in [0.2, 0.25) is 11.8 Å². The van der Waals surface area contributed by atoms with Gasteiger partial charge in [0.25, 0.3) is 0 Å². The monoisotopic (exact) mass is 231 g/mol. The van der Waals surface area contributed by atoms with Crippen LogP contribution in [0.3, 0.4) is 0 Å². The van der Waals surface area contributed by atoms with Crippen LogP contribution in [0.1, 0.15) is 23.8 Å². The highest BCUT2D eigenvalue weighted by atomic mass is 16.4. The van der Waals surface area contributed by atoms with Crippen LogP contribution in [0.15, 0.2) is 34.7 Å². The zero-order valence-electron chi connectivity index (χ0n) is 10.0. The van der Waals surface area contributed by atoms with Crippen LogP contribution in [0.5, 0.6) is 0 Å². The Morgan fingerprint density at radius 2 is 1.82 bits per heavy atom. The Morgan fingerprint density at radius 1 is 1.06 bits per heavy atom. The zero-order valence-corrected chi connectivity index (χ0v) is 10.0. The van der Waals surface area contributed by atoms with Gasteiger partial charge in [-0.2, -0.15) is 0 Å². The van der Waals surface area contributed by atoms with Crippen LogP contribution in [0.25, 0.3) is 0 Å². The van der Waals surface area contributed by atoms with E-state index < -0.39 is 0 Å². The van der Waals surface area contributed by atoms with Crippen LogP contribution in [0.4, 0.5) is 0 Å². The lowest BCUT2D eigenvalue weighted by Gasteiger charge is -1.98. The molecule has 0 atom stereocenters. The molecule has 0 fully saturated rings. The summed E-state index contributed by atoms with van der Waals surface area (Å²) in [6.07, 6.45) is 2.92. The minimum absolute atomic E-state index is 0.631. The molecule has 1 aromatic carbocycles. The Morgan fingerprint density at radius 3 is 2.59 bits per heavy atom. The van der Waals surface area contributed by atoms with Crippen molar-refractivity contribution >= 4 is 0 Å². The van der Waals surface area contributed by atoms with Crippen molar-refractivity contribution in [1.29, 1.82) is 0 Å². The first kappa shape index (κ1) is 11.8. The highest BCUT2D eigenvalue weighted by Gasteiger charge is 2.04. The molecule has 0 aliphatic carbocycles. The summed E-state index contributed by atoms with van der Waals surface area (Å²) in [7, 11) is 1.86. The molecule has 0 aliphatic rings. The van der Waals surface area contributed by atoms with E-state index in [1.807, 2.05) is 13.1 Å². The van der Waals surface area contributed by atoms with Crippen LogP contribution < -0.4 is 5.32 Å². The number of hydrogen-bond donors (Lipinski definition) is 1. The van der Waals surface area contributed by atoms with Crippen molar-refractivity contribution < 1.29 is 4.42 Å². The van der Waals surface area contributed by atoms with Gasteiger partial charge >= 0.3 is 0 Å². The van der Waals surface area contributed by atoms with Crippen molar-refractivity contribution in [1.82, 2.24) is 15.5 Å². The molecule has 1 heterocycles. The van der Waals surface area contributed by atoms with E-state index in [2.05, 4.69) is 39.8 Å². The molecule has 0 aliphatic heterocycles. The highest BCUT2D eigenvalue weighted by molar-refractivity contribution is 5.14. The van der Waals surface area contributed by atoms with E-state index in [0.717, 1.165) is 25.2 Å². The molecule has 0 unspecified atom stereocenters. The quantitative estimate of drug-likeness (QED) is 0.825. The Labute approximate surface area is 101 Å². The van der Waals surface area contributed by atoms with Gasteiger partial charge in [-0.3, -0.25) is 0 Å². The first-order chi connectivity index (χ1) is 8.38. The molecule has 1 aromatic heterocycles. The smallest absolute Gasteiger partial charge is 0.230 e. The SMILES string of the molecule is CNCc1nnc(CCCc2ccccc2)o1. The number of benzene rings is 1. The molecule has 4 heteroatoms. The van der Waals surface area contributed by atoms with Crippen molar-refractivity contribution in [2.24, 2.45) is 0 Å². The number of rotatable bonds is 6. The molecule has 2 aromatic rings. The van der Waals surface area contributed by atoms with E-state index in [1.165, 1.54) is 5.56 Å². The molecule has 0 saturated heterocycles. The largest absolute Gasteiger partial charge is 0.424 e. The zero-order chi connectivity index (χ0) is 11.9. The molecule has 0 amide bonds. The lowest BCUT2D eigenvalue weighted by Crippen LogP contribution is -2.04. The molecule has 0 bridgehead atoms. The number of aryl methyl sites for hydroxylation is 2. The molecule has 1 N–H and O–H groups in total. The van der Waals surface area contributed by atoms with Crippen molar-refractivity contribution in [3.05, 3.63) is 47.7 Å². The third-order valence-electron chi connectivity index (χ3n) is 2.54. The average molecular weight is 231 g/mol. The third kappa shape index (κ3) is 3.67. The summed E-state index contributed by atoms with van der Waals surface area (Å²) >= 11 is 0. The number of nitrogens with one attached hydrogen (secondary N) is 1. The standard InChI is InChI=1S/C13H17N3O/c1-14-10-13-16-15-12(17-13)9-5-8-11-6-3-2-4-7-11/h2-4,6-7,14H,5,8-10H2,1H3. The van der Waals surface area contributed by atoms with Gasteiger partial charge in [-0.25, -0.2) is 0 Å². The fourth-order valence-corrected chi connectivity index (χ4v) is 1.70. The minimum atomic E-state index is 0.631. The summed E-state index contributed by atoms with van der Waals surface area (Å²) in [6.45, 7) is 0.631. The Hall–Kier alpha value is -1.68. The van der Waals surface area contributed by atoms with E-state index in [4.69, 9.17) is 4.42 Å². The van der Waals surface area contributed by atoms with Gasteiger partial charge in [0, 0.05) is 6.42 Å². The second-order valence-corrected chi connectivity index (χ2v) is 3.96. The van der Waals surface area contributed by atoms with Crippen molar-refractivity contribution in [2.45, 2.75) is 25.8 Å². The van der Waals surface area contributed by atoms with Gasteiger partial charge < -0.3 is 9.73 Å². The maximum absolute atomic E-state index is 5.48. The van der Waals surface area contributed by atoms with Gasteiger partial charge in [-0.05, 0) is 25.5 Å².